The molecule has 2 N–H and O–H groups in total. The van der Waals surface area contributed by atoms with Crippen molar-refractivity contribution in [2.45, 2.75) is 38.3 Å². The van der Waals surface area contributed by atoms with E-state index < -0.39 is 40.4 Å². The molecule has 0 saturated heterocycles. The van der Waals surface area contributed by atoms with Crippen LogP contribution in [-0.2, 0) is 11.3 Å². The number of rotatable bonds is 10. The van der Waals surface area contributed by atoms with Crippen molar-refractivity contribution in [3.8, 4) is 0 Å². The minimum absolute atomic E-state index is 0.00525. The average Bonchev–Trinajstić information content (AvgIpc) is 3.74. The Hall–Kier alpha value is -3.96. The number of aromatic nitrogens is 1. The number of alkyl halides is 2. The van der Waals surface area contributed by atoms with E-state index in [2.05, 4.69) is 22.2 Å². The van der Waals surface area contributed by atoms with E-state index in [4.69, 9.17) is 11.6 Å². The molecule has 4 rings (SSSR count). The van der Waals surface area contributed by atoms with Crippen molar-refractivity contribution in [2.24, 2.45) is 0 Å². The quantitative estimate of drug-likeness (QED) is 0.211. The second-order valence-electron chi connectivity index (χ2n) is 9.49. The minimum atomic E-state index is -3.04. The normalized spacial score (nSPS) is 13.7. The van der Waals surface area contributed by atoms with Crippen LogP contribution in [0.3, 0.4) is 0 Å². The zero-order valence-electron chi connectivity index (χ0n) is 21.6. The maximum atomic E-state index is 13.6. The Balaban J connectivity index is 1.49. The molecule has 40 heavy (non-hydrogen) atoms. The molecule has 1 fully saturated rings. The van der Waals surface area contributed by atoms with Crippen LogP contribution >= 0.6 is 11.6 Å². The number of aryl methyl sites for hydroxylation is 1. The fraction of sp³-hybridized carbons (Fsp3) is 0.250. The summed E-state index contributed by atoms with van der Waals surface area (Å²) in [5, 5.41) is 4.44. The Kier molecular flexibility index (Phi) is 8.45. The molecule has 7 nitrogen and oxygen atoms in total. The Bertz CT molecular complexity index is 1450. The second kappa shape index (κ2) is 11.6. The number of carbonyl (C=O) groups is 2. The van der Waals surface area contributed by atoms with Crippen LogP contribution in [0, 0.1) is 6.92 Å². The van der Waals surface area contributed by atoms with Crippen LogP contribution in [0.5, 0.6) is 0 Å². The standard InChI is InChI=1S/C28H26ClF4N5O2/c1-16-12-21(8-9-23(16)37(3)17(2)19-4-6-20(29)7-5-19)36-26(39)22-13-18(14-34-24(22)25(30)31)15-35-27(40)28(10-11-28)38(32)33/h4-9,12-14,25H,2,10-11,15H2,1,3H3,(H,35,40)(H,36,39). The third kappa shape index (κ3) is 6.10. The molecule has 1 aliphatic rings. The molecular weight excluding hydrogens is 550 g/mol. The predicted molar refractivity (Wildman–Crippen MR) is 145 cm³/mol. The van der Waals surface area contributed by atoms with Gasteiger partial charge in [-0.1, -0.05) is 30.3 Å². The lowest BCUT2D eigenvalue weighted by molar-refractivity contribution is -0.201. The lowest BCUT2D eigenvalue weighted by Crippen LogP contribution is -2.42. The van der Waals surface area contributed by atoms with Crippen molar-refractivity contribution < 1.29 is 27.3 Å². The number of anilines is 2. The van der Waals surface area contributed by atoms with Gasteiger partial charge in [0.2, 0.25) is 5.91 Å². The smallest absolute Gasteiger partial charge is 0.281 e. The lowest BCUT2D eigenvalue weighted by atomic mass is 10.1. The molecule has 0 unspecified atom stereocenters. The SMILES string of the molecule is C=C(c1ccc(Cl)cc1)N(C)c1ccc(NC(=O)c2cc(CNC(=O)C3(N(F)F)CC3)cnc2C(F)F)cc1C. The number of nitrogens with one attached hydrogen (secondary N) is 2. The second-order valence-corrected chi connectivity index (χ2v) is 9.93. The highest BCUT2D eigenvalue weighted by molar-refractivity contribution is 6.30. The largest absolute Gasteiger partial charge is 0.350 e. The first kappa shape index (κ1) is 29.0. The average molecular weight is 576 g/mol. The molecule has 1 saturated carbocycles. The van der Waals surface area contributed by atoms with Crippen LogP contribution in [0.25, 0.3) is 5.70 Å². The summed E-state index contributed by atoms with van der Waals surface area (Å²) >= 11 is 5.97. The molecule has 210 valence electrons. The number of carbonyl (C=O) groups excluding carboxylic acids is 2. The van der Waals surface area contributed by atoms with Gasteiger partial charge in [-0.25, -0.2) is 8.78 Å². The highest BCUT2D eigenvalue weighted by atomic mass is 35.5. The van der Waals surface area contributed by atoms with Crippen molar-refractivity contribution in [2.75, 3.05) is 17.3 Å². The monoisotopic (exact) mass is 575 g/mol. The molecule has 0 bridgehead atoms. The zero-order valence-corrected chi connectivity index (χ0v) is 22.4. The first-order valence-corrected chi connectivity index (χ1v) is 12.6. The van der Waals surface area contributed by atoms with Gasteiger partial charge in [-0.3, -0.25) is 14.6 Å². The van der Waals surface area contributed by atoms with Crippen molar-refractivity contribution in [3.63, 3.8) is 0 Å². The van der Waals surface area contributed by atoms with Gasteiger partial charge in [-0.05, 0) is 72.9 Å². The predicted octanol–water partition coefficient (Wildman–Crippen LogP) is 6.56. The molecule has 12 heteroatoms. The molecule has 0 radical (unpaired) electrons. The molecule has 2 amide bonds. The van der Waals surface area contributed by atoms with Crippen molar-refractivity contribution in [3.05, 3.63) is 94.3 Å². The van der Waals surface area contributed by atoms with Gasteiger partial charge in [-0.15, -0.1) is 8.96 Å². The number of amides is 2. The van der Waals surface area contributed by atoms with E-state index in [1.54, 1.807) is 30.3 Å². The van der Waals surface area contributed by atoms with E-state index in [9.17, 15) is 27.3 Å². The number of pyridine rings is 1. The summed E-state index contributed by atoms with van der Waals surface area (Å²) in [6.07, 6.45) is -1.96. The summed E-state index contributed by atoms with van der Waals surface area (Å²) in [6, 6.07) is 13.5. The van der Waals surface area contributed by atoms with Gasteiger partial charge in [0.1, 0.15) is 5.69 Å². The Morgan fingerprint density at radius 3 is 2.38 bits per heavy atom. The van der Waals surface area contributed by atoms with Crippen LogP contribution in [-0.4, -0.2) is 34.7 Å². The highest BCUT2D eigenvalue weighted by Crippen LogP contribution is 2.42. The van der Waals surface area contributed by atoms with Crippen LogP contribution in [0.4, 0.5) is 29.1 Å². The fourth-order valence-corrected chi connectivity index (χ4v) is 4.32. The van der Waals surface area contributed by atoms with Gasteiger partial charge in [0.05, 0.1) is 5.56 Å². The number of hydrogen-bond donors (Lipinski definition) is 2. The van der Waals surface area contributed by atoms with Gasteiger partial charge in [0.15, 0.2) is 5.54 Å². The molecule has 2 aromatic carbocycles. The van der Waals surface area contributed by atoms with Crippen LogP contribution in [0.2, 0.25) is 5.02 Å². The number of hydrogen-bond acceptors (Lipinski definition) is 5. The molecule has 0 spiro atoms. The van der Waals surface area contributed by atoms with Gasteiger partial charge >= 0.3 is 0 Å². The minimum Gasteiger partial charge on any atom is -0.350 e. The molecule has 1 aromatic heterocycles. The first-order chi connectivity index (χ1) is 18.9. The van der Waals surface area contributed by atoms with Crippen molar-refractivity contribution >= 4 is 40.5 Å². The highest BCUT2D eigenvalue weighted by Gasteiger charge is 2.57. The van der Waals surface area contributed by atoms with E-state index >= 15 is 0 Å². The Morgan fingerprint density at radius 2 is 1.80 bits per heavy atom. The maximum absolute atomic E-state index is 13.6. The molecule has 3 aromatic rings. The molecule has 1 heterocycles. The molecule has 0 atom stereocenters. The summed E-state index contributed by atoms with van der Waals surface area (Å²) in [5.41, 5.74) is 0.733. The van der Waals surface area contributed by atoms with E-state index in [1.165, 1.54) is 0 Å². The van der Waals surface area contributed by atoms with E-state index in [0.717, 1.165) is 29.1 Å². The number of nitrogens with zero attached hydrogens (tertiary/aromatic N) is 3. The lowest BCUT2D eigenvalue weighted by Gasteiger charge is -2.24. The van der Waals surface area contributed by atoms with Gasteiger partial charge in [0, 0.05) is 47.2 Å². The van der Waals surface area contributed by atoms with Gasteiger partial charge < -0.3 is 15.5 Å². The summed E-state index contributed by atoms with van der Waals surface area (Å²) in [4.78, 5) is 30.7. The van der Waals surface area contributed by atoms with Crippen molar-refractivity contribution in [1.82, 2.24) is 15.6 Å². The van der Waals surface area contributed by atoms with E-state index in [0.29, 0.717) is 16.4 Å². The van der Waals surface area contributed by atoms with Crippen LogP contribution in [0.1, 0.15) is 52.0 Å². The third-order valence-corrected chi connectivity index (χ3v) is 7.00. The van der Waals surface area contributed by atoms with Crippen molar-refractivity contribution in [1.29, 1.82) is 0 Å². The summed E-state index contributed by atoms with van der Waals surface area (Å²) in [5.74, 6) is -1.72. The summed E-state index contributed by atoms with van der Waals surface area (Å²) in [7, 11) is 1.84. The topological polar surface area (TPSA) is 77.6 Å². The molecule has 0 aliphatic heterocycles. The van der Waals surface area contributed by atoms with E-state index in [1.807, 2.05) is 31.0 Å². The summed E-state index contributed by atoms with van der Waals surface area (Å²) < 4.78 is 53.3. The molecule has 1 aliphatic carbocycles. The number of halogens is 5. The first-order valence-electron chi connectivity index (χ1n) is 12.2. The Morgan fingerprint density at radius 1 is 1.12 bits per heavy atom. The van der Waals surface area contributed by atoms with Gasteiger partial charge in [0.25, 0.3) is 12.3 Å². The van der Waals surface area contributed by atoms with E-state index in [-0.39, 0.29) is 24.9 Å². The maximum Gasteiger partial charge on any atom is 0.281 e. The molecular formula is C28H26ClF4N5O2. The fourth-order valence-electron chi connectivity index (χ4n) is 4.20. The van der Waals surface area contributed by atoms with Crippen LogP contribution in [0.15, 0.2) is 61.3 Å². The number of benzene rings is 2. The van der Waals surface area contributed by atoms with Gasteiger partial charge in [-0.2, -0.15) is 0 Å². The third-order valence-electron chi connectivity index (χ3n) is 6.75. The van der Waals surface area contributed by atoms with Crippen LogP contribution < -0.4 is 15.5 Å². The Labute approximate surface area is 233 Å². The zero-order chi connectivity index (χ0) is 29.2. The summed E-state index contributed by atoms with van der Waals surface area (Å²) in [6.45, 7) is 5.70.